The summed E-state index contributed by atoms with van der Waals surface area (Å²) in [7, 11) is 0. The number of halogens is 3. The van der Waals surface area contributed by atoms with Crippen LogP contribution in [0, 0.1) is 0 Å². The zero-order chi connectivity index (χ0) is 20.2. The summed E-state index contributed by atoms with van der Waals surface area (Å²) in [5, 5.41) is 2.21. The molecular formula is C16H14F3N3O5. The molecule has 0 spiro atoms. The van der Waals surface area contributed by atoms with Crippen LogP contribution < -0.4 is 16.6 Å². The van der Waals surface area contributed by atoms with Crippen LogP contribution >= 0.6 is 0 Å². The third-order valence-electron chi connectivity index (χ3n) is 3.33. The standard InChI is InChI=1S/C16H14F3N3O5/c1-9(27-13(24)8-22-6-5-12(23)21-15(22)26)14(25)20-11-4-2-3-10(7-11)16(17,18)19/h2-7,9H,8H2,1H3,(H,20,25)(H,21,23,26)/t9-/m1/s1. The molecule has 1 atom stereocenters. The van der Waals surface area contributed by atoms with E-state index >= 15 is 0 Å². The molecule has 0 unspecified atom stereocenters. The highest BCUT2D eigenvalue weighted by atomic mass is 19.4. The summed E-state index contributed by atoms with van der Waals surface area (Å²) >= 11 is 0. The number of esters is 1. The number of hydrogen-bond donors (Lipinski definition) is 2. The van der Waals surface area contributed by atoms with Crippen LogP contribution in [0.2, 0.25) is 0 Å². The van der Waals surface area contributed by atoms with E-state index < -0.39 is 47.5 Å². The van der Waals surface area contributed by atoms with Crippen LogP contribution in [0.25, 0.3) is 0 Å². The van der Waals surface area contributed by atoms with E-state index in [2.05, 4.69) is 5.32 Å². The Bertz CT molecular complexity index is 965. The molecule has 1 aromatic heterocycles. The molecule has 0 saturated carbocycles. The largest absolute Gasteiger partial charge is 0.451 e. The highest BCUT2D eigenvalue weighted by Crippen LogP contribution is 2.30. The SMILES string of the molecule is C[C@@H](OC(=O)Cn1ccc(=O)[nH]c1=O)C(=O)Nc1cccc(C(F)(F)F)c1. The number of ether oxygens (including phenoxy) is 1. The van der Waals surface area contributed by atoms with Crippen LogP contribution in [0.1, 0.15) is 12.5 Å². The number of benzene rings is 1. The highest BCUT2D eigenvalue weighted by molar-refractivity contribution is 5.95. The lowest BCUT2D eigenvalue weighted by Gasteiger charge is -2.15. The Balaban J connectivity index is 1.98. The lowest BCUT2D eigenvalue weighted by molar-refractivity contribution is -0.153. The van der Waals surface area contributed by atoms with Crippen molar-refractivity contribution in [3.8, 4) is 0 Å². The summed E-state index contributed by atoms with van der Waals surface area (Å²) in [4.78, 5) is 48.2. The number of aromatic amines is 1. The molecule has 11 heteroatoms. The van der Waals surface area contributed by atoms with Gasteiger partial charge in [-0.25, -0.2) is 4.79 Å². The van der Waals surface area contributed by atoms with Gasteiger partial charge in [-0.3, -0.25) is 23.9 Å². The van der Waals surface area contributed by atoms with E-state index in [9.17, 15) is 32.3 Å². The van der Waals surface area contributed by atoms with Crippen molar-refractivity contribution in [2.75, 3.05) is 5.32 Å². The first-order chi connectivity index (χ1) is 12.6. The molecule has 0 aliphatic heterocycles. The molecule has 0 aliphatic rings. The first kappa shape index (κ1) is 19.9. The molecule has 27 heavy (non-hydrogen) atoms. The molecule has 0 radical (unpaired) electrons. The van der Waals surface area contributed by atoms with Crippen molar-refractivity contribution in [1.29, 1.82) is 0 Å². The minimum atomic E-state index is -4.57. The van der Waals surface area contributed by atoms with Gasteiger partial charge in [-0.15, -0.1) is 0 Å². The van der Waals surface area contributed by atoms with Gasteiger partial charge in [-0.05, 0) is 25.1 Å². The van der Waals surface area contributed by atoms with Crippen molar-refractivity contribution in [2.24, 2.45) is 0 Å². The third-order valence-corrected chi connectivity index (χ3v) is 3.33. The van der Waals surface area contributed by atoms with Crippen molar-refractivity contribution in [3.63, 3.8) is 0 Å². The fraction of sp³-hybridized carbons (Fsp3) is 0.250. The lowest BCUT2D eigenvalue weighted by atomic mass is 10.2. The van der Waals surface area contributed by atoms with Gasteiger partial charge in [0, 0.05) is 18.0 Å². The second-order valence-electron chi connectivity index (χ2n) is 5.44. The van der Waals surface area contributed by atoms with Gasteiger partial charge >= 0.3 is 17.8 Å². The number of nitrogens with zero attached hydrogens (tertiary/aromatic N) is 1. The first-order valence-corrected chi connectivity index (χ1v) is 7.53. The molecule has 1 aromatic carbocycles. The Morgan fingerprint density at radius 1 is 1.26 bits per heavy atom. The summed E-state index contributed by atoms with van der Waals surface area (Å²) in [6, 6.07) is 4.99. The molecule has 0 bridgehead atoms. The average molecular weight is 385 g/mol. The second-order valence-corrected chi connectivity index (χ2v) is 5.44. The summed E-state index contributed by atoms with van der Waals surface area (Å²) < 4.78 is 43.7. The van der Waals surface area contributed by atoms with Crippen LogP contribution in [0.3, 0.4) is 0 Å². The van der Waals surface area contributed by atoms with E-state index in [0.29, 0.717) is 0 Å². The predicted molar refractivity (Wildman–Crippen MR) is 87.0 cm³/mol. The van der Waals surface area contributed by atoms with Gasteiger partial charge in [0.25, 0.3) is 11.5 Å². The maximum atomic E-state index is 12.7. The van der Waals surface area contributed by atoms with Crippen molar-refractivity contribution in [1.82, 2.24) is 9.55 Å². The summed E-state index contributed by atoms with van der Waals surface area (Å²) in [6.45, 7) is 0.660. The topological polar surface area (TPSA) is 110 Å². The number of carbonyl (C=O) groups excluding carboxylic acids is 2. The number of alkyl halides is 3. The Kier molecular flexibility index (Phi) is 5.83. The predicted octanol–water partition coefficient (Wildman–Crippen LogP) is 1.13. The molecular weight excluding hydrogens is 371 g/mol. The van der Waals surface area contributed by atoms with E-state index in [1.807, 2.05) is 4.98 Å². The minimum absolute atomic E-state index is 0.116. The Morgan fingerprint density at radius 2 is 1.96 bits per heavy atom. The monoisotopic (exact) mass is 385 g/mol. The third kappa shape index (κ3) is 5.56. The van der Waals surface area contributed by atoms with Crippen molar-refractivity contribution in [2.45, 2.75) is 25.7 Å². The number of nitrogens with one attached hydrogen (secondary N) is 2. The Hall–Kier alpha value is -3.37. The minimum Gasteiger partial charge on any atom is -0.451 e. The molecule has 0 fully saturated rings. The van der Waals surface area contributed by atoms with Gasteiger partial charge in [-0.2, -0.15) is 13.2 Å². The zero-order valence-electron chi connectivity index (χ0n) is 13.9. The maximum Gasteiger partial charge on any atom is 0.416 e. The number of aromatic nitrogens is 2. The van der Waals surface area contributed by atoms with E-state index in [0.717, 1.165) is 35.0 Å². The molecule has 1 amide bonds. The van der Waals surface area contributed by atoms with Crippen LogP contribution in [-0.4, -0.2) is 27.5 Å². The number of anilines is 1. The fourth-order valence-corrected chi connectivity index (χ4v) is 2.01. The van der Waals surface area contributed by atoms with Gasteiger partial charge in [0.05, 0.1) is 5.56 Å². The summed E-state index contributed by atoms with van der Waals surface area (Å²) in [6.07, 6.45) is -4.82. The smallest absolute Gasteiger partial charge is 0.416 e. The molecule has 8 nitrogen and oxygen atoms in total. The maximum absolute atomic E-state index is 12.7. The van der Waals surface area contributed by atoms with Crippen molar-refractivity contribution in [3.05, 3.63) is 62.9 Å². The van der Waals surface area contributed by atoms with Gasteiger partial charge in [-0.1, -0.05) is 6.07 Å². The molecule has 144 valence electrons. The molecule has 0 aliphatic carbocycles. The average Bonchev–Trinajstić information content (AvgIpc) is 2.57. The summed E-state index contributed by atoms with van der Waals surface area (Å²) in [5.74, 6) is -1.80. The number of carbonyl (C=O) groups is 2. The van der Waals surface area contributed by atoms with Crippen LogP contribution in [-0.2, 0) is 27.0 Å². The second kappa shape index (κ2) is 7.89. The number of H-pyrrole nitrogens is 1. The Morgan fingerprint density at radius 3 is 2.59 bits per heavy atom. The highest BCUT2D eigenvalue weighted by Gasteiger charge is 2.30. The fourth-order valence-electron chi connectivity index (χ4n) is 2.01. The summed E-state index contributed by atoms with van der Waals surface area (Å²) in [5.41, 5.74) is -2.53. The van der Waals surface area contributed by atoms with Gasteiger partial charge in [0.15, 0.2) is 6.10 Å². The van der Waals surface area contributed by atoms with Crippen molar-refractivity contribution < 1.29 is 27.5 Å². The van der Waals surface area contributed by atoms with E-state index in [-0.39, 0.29) is 5.69 Å². The first-order valence-electron chi connectivity index (χ1n) is 7.53. The number of hydrogen-bond acceptors (Lipinski definition) is 5. The number of rotatable bonds is 5. The zero-order valence-corrected chi connectivity index (χ0v) is 13.9. The van der Waals surface area contributed by atoms with E-state index in [1.54, 1.807) is 0 Å². The van der Waals surface area contributed by atoms with E-state index in [1.165, 1.54) is 13.0 Å². The van der Waals surface area contributed by atoms with E-state index in [4.69, 9.17) is 4.74 Å². The van der Waals surface area contributed by atoms with Crippen molar-refractivity contribution >= 4 is 17.6 Å². The molecule has 2 N–H and O–H groups in total. The molecule has 0 saturated heterocycles. The van der Waals surface area contributed by atoms with Crippen LogP contribution in [0.15, 0.2) is 46.1 Å². The van der Waals surface area contributed by atoms with Crippen LogP contribution in [0.5, 0.6) is 0 Å². The van der Waals surface area contributed by atoms with Gasteiger partial charge < -0.3 is 10.1 Å². The van der Waals surface area contributed by atoms with Crippen LogP contribution in [0.4, 0.5) is 18.9 Å². The number of amides is 1. The normalized spacial score (nSPS) is 12.3. The van der Waals surface area contributed by atoms with Gasteiger partial charge in [0.2, 0.25) is 0 Å². The quantitative estimate of drug-likeness (QED) is 0.750. The molecule has 1 heterocycles. The Labute approximate surface area is 149 Å². The lowest BCUT2D eigenvalue weighted by Crippen LogP contribution is -2.35. The molecule has 2 rings (SSSR count). The van der Waals surface area contributed by atoms with Gasteiger partial charge in [0.1, 0.15) is 6.54 Å². The molecule has 2 aromatic rings.